The molecule has 2 rings (SSSR count). The molecule has 1 amide bonds. The Morgan fingerprint density at radius 2 is 2.00 bits per heavy atom. The van der Waals surface area contributed by atoms with Crippen LogP contribution in [0.1, 0.15) is 33.8 Å². The van der Waals surface area contributed by atoms with Crippen LogP contribution in [0.25, 0.3) is 0 Å². The van der Waals surface area contributed by atoms with Crippen molar-refractivity contribution in [1.29, 1.82) is 0 Å². The highest BCUT2D eigenvalue weighted by Gasteiger charge is 2.26. The van der Waals surface area contributed by atoms with E-state index in [0.29, 0.717) is 11.3 Å². The van der Waals surface area contributed by atoms with Gasteiger partial charge in [0.1, 0.15) is 20.7 Å². The molecule has 12 heteroatoms. The number of thiophene rings is 1. The van der Waals surface area contributed by atoms with E-state index in [1.807, 2.05) is 0 Å². The van der Waals surface area contributed by atoms with Crippen molar-refractivity contribution in [3.63, 3.8) is 0 Å². The van der Waals surface area contributed by atoms with Gasteiger partial charge in [0.2, 0.25) is 10.0 Å². The zero-order valence-corrected chi connectivity index (χ0v) is 16.3. The van der Waals surface area contributed by atoms with Gasteiger partial charge in [-0.25, -0.2) is 17.9 Å². The number of benzene rings is 1. The van der Waals surface area contributed by atoms with Crippen LogP contribution in [0.5, 0.6) is 5.75 Å². The van der Waals surface area contributed by atoms with E-state index in [1.54, 1.807) is 0 Å². The summed E-state index contributed by atoms with van der Waals surface area (Å²) in [7, 11) is -4.07. The molecular weight excluding hydrogens is 429 g/mol. The lowest BCUT2D eigenvalue weighted by Gasteiger charge is -2.18. The van der Waals surface area contributed by atoms with Crippen molar-refractivity contribution >= 4 is 38.9 Å². The highest BCUT2D eigenvalue weighted by molar-refractivity contribution is 7.91. The van der Waals surface area contributed by atoms with Gasteiger partial charge in [0.15, 0.2) is 0 Å². The molecule has 0 fully saturated rings. The lowest BCUT2D eigenvalue weighted by molar-refractivity contribution is -0.0507. The Morgan fingerprint density at radius 3 is 2.52 bits per heavy atom. The fraction of sp³-hybridized carbons (Fsp3) is 0.267. The summed E-state index contributed by atoms with van der Waals surface area (Å²) >= 11 is 6.61. The van der Waals surface area contributed by atoms with Crippen molar-refractivity contribution in [2.24, 2.45) is 5.14 Å². The number of halogens is 4. The number of ether oxygens (including phenoxy) is 1. The van der Waals surface area contributed by atoms with Crippen LogP contribution in [0.4, 0.5) is 13.2 Å². The number of carbonyl (C=O) groups is 1. The van der Waals surface area contributed by atoms with E-state index < -0.39 is 40.2 Å². The summed E-state index contributed by atoms with van der Waals surface area (Å²) in [4.78, 5) is 12.4. The SMILES string of the molecule is Cc1c(S(N)(=O)=O)sc(C(=O)N[C@@H](C)c2ccc(F)cc2OC(F)F)c1Cl. The number of alkyl halides is 2. The van der Waals surface area contributed by atoms with Gasteiger partial charge < -0.3 is 10.1 Å². The van der Waals surface area contributed by atoms with Gasteiger partial charge >= 0.3 is 6.61 Å². The molecule has 1 aromatic carbocycles. The second-order valence-electron chi connectivity index (χ2n) is 5.46. The van der Waals surface area contributed by atoms with Crippen molar-refractivity contribution in [3.8, 4) is 5.75 Å². The molecule has 0 spiro atoms. The maximum atomic E-state index is 13.3. The van der Waals surface area contributed by atoms with E-state index in [0.717, 1.165) is 12.1 Å². The Kier molecular flexibility index (Phi) is 6.40. The summed E-state index contributed by atoms with van der Waals surface area (Å²) in [5.41, 5.74) is 0.228. The van der Waals surface area contributed by atoms with Gasteiger partial charge in [-0.3, -0.25) is 4.79 Å². The molecule has 0 aliphatic carbocycles. The number of nitrogens with one attached hydrogen (secondary N) is 1. The highest BCUT2D eigenvalue weighted by Crippen LogP contribution is 2.35. The molecule has 2 aromatic rings. The Labute approximate surface area is 162 Å². The Balaban J connectivity index is 2.32. The van der Waals surface area contributed by atoms with E-state index >= 15 is 0 Å². The number of hydrogen-bond donors (Lipinski definition) is 2. The van der Waals surface area contributed by atoms with Crippen LogP contribution in [-0.4, -0.2) is 20.9 Å². The quantitative estimate of drug-likeness (QED) is 0.714. The van der Waals surface area contributed by atoms with E-state index in [1.165, 1.54) is 19.9 Å². The normalized spacial score (nSPS) is 12.9. The topological polar surface area (TPSA) is 98.5 Å². The predicted molar refractivity (Wildman–Crippen MR) is 94.4 cm³/mol. The Hall–Kier alpha value is -1.82. The third-order valence-electron chi connectivity index (χ3n) is 3.50. The third-order valence-corrected chi connectivity index (χ3v) is 6.94. The first-order valence-electron chi connectivity index (χ1n) is 7.28. The number of rotatable bonds is 6. The molecule has 0 aliphatic rings. The zero-order chi connectivity index (χ0) is 20.5. The van der Waals surface area contributed by atoms with Crippen molar-refractivity contribution in [3.05, 3.63) is 45.0 Å². The fourth-order valence-electron chi connectivity index (χ4n) is 2.30. The monoisotopic (exact) mass is 442 g/mol. The van der Waals surface area contributed by atoms with Gasteiger partial charge in [0.25, 0.3) is 5.91 Å². The van der Waals surface area contributed by atoms with E-state index in [2.05, 4.69) is 10.1 Å². The molecule has 0 saturated carbocycles. The van der Waals surface area contributed by atoms with Crippen LogP contribution in [0.3, 0.4) is 0 Å². The van der Waals surface area contributed by atoms with E-state index in [4.69, 9.17) is 16.7 Å². The molecule has 3 N–H and O–H groups in total. The van der Waals surface area contributed by atoms with Crippen LogP contribution in [0.2, 0.25) is 5.02 Å². The minimum absolute atomic E-state index is 0.0862. The lowest BCUT2D eigenvalue weighted by Crippen LogP contribution is -2.26. The second kappa shape index (κ2) is 8.05. The van der Waals surface area contributed by atoms with Crippen molar-refractivity contribution in [2.75, 3.05) is 0 Å². The lowest BCUT2D eigenvalue weighted by atomic mass is 10.1. The smallest absolute Gasteiger partial charge is 0.387 e. The van der Waals surface area contributed by atoms with Crippen LogP contribution in [0.15, 0.2) is 22.4 Å². The average molecular weight is 443 g/mol. The van der Waals surface area contributed by atoms with Gasteiger partial charge in [-0.05, 0) is 25.5 Å². The van der Waals surface area contributed by atoms with E-state index in [9.17, 15) is 26.4 Å². The molecule has 0 aliphatic heterocycles. The first kappa shape index (κ1) is 21.5. The molecule has 0 unspecified atom stereocenters. The molecule has 0 saturated heterocycles. The van der Waals surface area contributed by atoms with Gasteiger partial charge in [-0.15, -0.1) is 11.3 Å². The molecule has 148 valence electrons. The first-order chi connectivity index (χ1) is 12.4. The van der Waals surface area contributed by atoms with Crippen molar-refractivity contribution < 1.29 is 31.1 Å². The molecule has 6 nitrogen and oxygen atoms in total. The molecule has 0 radical (unpaired) electrons. The minimum Gasteiger partial charge on any atom is -0.434 e. The van der Waals surface area contributed by atoms with Crippen molar-refractivity contribution in [2.45, 2.75) is 30.7 Å². The van der Waals surface area contributed by atoms with Crippen LogP contribution in [0, 0.1) is 12.7 Å². The molecule has 1 aromatic heterocycles. The standard InChI is InChI=1S/C15H14ClF3N2O4S2/c1-6-11(16)12(26-14(6)27(20,23)24)13(22)21-7(2)9-4-3-8(17)5-10(9)25-15(18)19/h3-5,7,15H,1-2H3,(H,21,22)(H2,20,23,24)/t7-/m0/s1. The second-order valence-corrected chi connectivity index (χ2v) is 8.61. The number of hydrogen-bond acceptors (Lipinski definition) is 5. The van der Waals surface area contributed by atoms with Gasteiger partial charge in [-0.1, -0.05) is 17.7 Å². The number of primary sulfonamides is 1. The van der Waals surface area contributed by atoms with Crippen molar-refractivity contribution in [1.82, 2.24) is 5.32 Å². The molecule has 27 heavy (non-hydrogen) atoms. The summed E-state index contributed by atoms with van der Waals surface area (Å²) in [5, 5.41) is 7.48. The highest BCUT2D eigenvalue weighted by atomic mass is 35.5. The summed E-state index contributed by atoms with van der Waals surface area (Å²) in [6.07, 6.45) is 0. The van der Waals surface area contributed by atoms with Crippen LogP contribution in [-0.2, 0) is 10.0 Å². The molecule has 1 atom stereocenters. The summed E-state index contributed by atoms with van der Waals surface area (Å²) in [6.45, 7) is -0.327. The van der Waals surface area contributed by atoms with Gasteiger partial charge in [0.05, 0.1) is 11.1 Å². The number of amides is 1. The number of sulfonamides is 1. The molecular formula is C15H14ClF3N2O4S2. The third kappa shape index (κ3) is 4.92. The largest absolute Gasteiger partial charge is 0.434 e. The maximum Gasteiger partial charge on any atom is 0.387 e. The first-order valence-corrected chi connectivity index (χ1v) is 10.0. The summed E-state index contributed by atoms with van der Waals surface area (Å²) in [5.74, 6) is -1.97. The van der Waals surface area contributed by atoms with E-state index in [-0.39, 0.29) is 25.2 Å². The van der Waals surface area contributed by atoms with Gasteiger partial charge in [0, 0.05) is 11.6 Å². The Morgan fingerprint density at radius 1 is 1.37 bits per heavy atom. The average Bonchev–Trinajstić information content (AvgIpc) is 2.82. The van der Waals surface area contributed by atoms with Crippen LogP contribution >= 0.6 is 22.9 Å². The molecule has 1 heterocycles. The number of nitrogens with two attached hydrogens (primary N) is 1. The number of carbonyl (C=O) groups excluding carboxylic acids is 1. The minimum atomic E-state index is -4.07. The Bertz CT molecular complexity index is 980. The zero-order valence-electron chi connectivity index (χ0n) is 13.9. The summed E-state index contributed by atoms with van der Waals surface area (Å²) in [6, 6.07) is 2.11. The molecule has 0 bridgehead atoms. The maximum absolute atomic E-state index is 13.3. The van der Waals surface area contributed by atoms with Crippen LogP contribution < -0.4 is 15.2 Å². The predicted octanol–water partition coefficient (Wildman–Crippen LogP) is 3.59. The fourth-order valence-corrected chi connectivity index (χ4v) is 4.78. The van der Waals surface area contributed by atoms with Gasteiger partial charge in [-0.2, -0.15) is 8.78 Å². The summed E-state index contributed by atoms with van der Waals surface area (Å²) < 4.78 is 65.4.